The number of nitrogens with one attached hydrogen (secondary N) is 1. The smallest absolute Gasteiger partial charge is 0.266 e. The van der Waals surface area contributed by atoms with E-state index in [2.05, 4.69) is 5.32 Å². The van der Waals surface area contributed by atoms with E-state index in [9.17, 15) is 14.7 Å². The summed E-state index contributed by atoms with van der Waals surface area (Å²) in [6.45, 7) is 0.700. The van der Waals surface area contributed by atoms with Gasteiger partial charge in [0.05, 0.1) is 10.6 Å². The van der Waals surface area contributed by atoms with E-state index in [1.54, 1.807) is 17.0 Å². The standard InChI is InChI=1S/C23H21ClN2O5S2/c24-15-6-7-17(27)16(12-15)25-21(28)4-2-1-3-9-26-22(29)20(33-23(26)32)11-14-5-8-18-19(10-14)31-13-30-18/h5-8,10-12,27H,1-4,9,13H2,(H,25,28)/b20-11-. The number of hydrogen-bond acceptors (Lipinski definition) is 7. The molecule has 0 saturated carbocycles. The van der Waals surface area contributed by atoms with Gasteiger partial charge in [-0.05, 0) is 54.8 Å². The zero-order valence-electron chi connectivity index (χ0n) is 17.5. The number of carbonyl (C=O) groups is 2. The summed E-state index contributed by atoms with van der Waals surface area (Å²) in [6.07, 6.45) is 4.23. The number of benzene rings is 2. The maximum Gasteiger partial charge on any atom is 0.266 e. The molecule has 33 heavy (non-hydrogen) atoms. The number of hydrogen-bond donors (Lipinski definition) is 2. The SMILES string of the molecule is O=C(CCCCCN1C(=O)/C(=C/c2ccc3c(c2)OCO3)SC1=S)Nc1cc(Cl)ccc1O. The Balaban J connectivity index is 1.23. The van der Waals surface area contributed by atoms with Crippen LogP contribution in [0.15, 0.2) is 41.3 Å². The van der Waals surface area contributed by atoms with Crippen molar-refractivity contribution < 1.29 is 24.2 Å². The number of ether oxygens (including phenoxy) is 2. The van der Waals surface area contributed by atoms with E-state index in [-0.39, 0.29) is 24.4 Å². The topological polar surface area (TPSA) is 88.1 Å². The third-order valence-electron chi connectivity index (χ3n) is 5.09. The number of nitrogens with zero attached hydrogens (tertiary/aromatic N) is 1. The van der Waals surface area contributed by atoms with E-state index < -0.39 is 0 Å². The van der Waals surface area contributed by atoms with Crippen molar-refractivity contribution in [3.63, 3.8) is 0 Å². The van der Waals surface area contributed by atoms with Crippen LogP contribution < -0.4 is 14.8 Å². The van der Waals surface area contributed by atoms with Crippen LogP contribution >= 0.6 is 35.6 Å². The number of halogens is 1. The molecule has 0 aliphatic carbocycles. The highest BCUT2D eigenvalue weighted by molar-refractivity contribution is 8.26. The van der Waals surface area contributed by atoms with Crippen LogP contribution in [0.3, 0.4) is 0 Å². The van der Waals surface area contributed by atoms with Crippen LogP contribution in [-0.2, 0) is 9.59 Å². The number of thioether (sulfide) groups is 1. The van der Waals surface area contributed by atoms with Crippen LogP contribution in [0.25, 0.3) is 6.08 Å². The van der Waals surface area contributed by atoms with E-state index in [1.165, 1.54) is 23.9 Å². The van der Waals surface area contributed by atoms with Crippen molar-refractivity contribution in [2.75, 3.05) is 18.7 Å². The largest absolute Gasteiger partial charge is 0.506 e. The lowest BCUT2D eigenvalue weighted by Gasteiger charge is -2.14. The molecular weight excluding hydrogens is 484 g/mol. The molecule has 2 aromatic carbocycles. The fraction of sp³-hybridized carbons (Fsp3) is 0.261. The summed E-state index contributed by atoms with van der Waals surface area (Å²) in [5, 5.41) is 12.9. The maximum atomic E-state index is 12.8. The fourth-order valence-electron chi connectivity index (χ4n) is 3.40. The lowest BCUT2D eigenvalue weighted by atomic mass is 10.1. The second-order valence-electron chi connectivity index (χ2n) is 7.47. The molecule has 2 N–H and O–H groups in total. The molecule has 4 rings (SSSR count). The molecule has 0 bridgehead atoms. The maximum absolute atomic E-state index is 12.8. The number of unbranched alkanes of at least 4 members (excludes halogenated alkanes) is 2. The molecule has 0 radical (unpaired) electrons. The highest BCUT2D eigenvalue weighted by atomic mass is 35.5. The van der Waals surface area contributed by atoms with Gasteiger partial charge in [0, 0.05) is 18.0 Å². The Kier molecular flexibility index (Phi) is 7.42. The van der Waals surface area contributed by atoms with Gasteiger partial charge in [-0.25, -0.2) is 0 Å². The number of rotatable bonds is 8. The molecule has 1 saturated heterocycles. The molecule has 172 valence electrons. The van der Waals surface area contributed by atoms with Gasteiger partial charge in [-0.2, -0.15) is 0 Å². The van der Waals surface area contributed by atoms with E-state index >= 15 is 0 Å². The van der Waals surface area contributed by atoms with Gasteiger partial charge in [-0.15, -0.1) is 0 Å². The summed E-state index contributed by atoms with van der Waals surface area (Å²) in [5.41, 5.74) is 1.14. The van der Waals surface area contributed by atoms with Gasteiger partial charge < -0.3 is 19.9 Å². The van der Waals surface area contributed by atoms with Crippen LogP contribution in [0.5, 0.6) is 17.2 Å². The molecule has 2 aliphatic rings. The summed E-state index contributed by atoms with van der Waals surface area (Å²) in [5.74, 6) is 1.00. The van der Waals surface area contributed by atoms with Crippen LogP contribution in [0.1, 0.15) is 31.2 Å². The minimum absolute atomic E-state index is 0.0316. The molecule has 2 aromatic rings. The summed E-state index contributed by atoms with van der Waals surface area (Å²) in [6, 6.07) is 10.0. The molecule has 0 atom stereocenters. The van der Waals surface area contributed by atoms with Crippen LogP contribution in [0.2, 0.25) is 5.02 Å². The molecule has 1 fully saturated rings. The number of amides is 2. The second-order valence-corrected chi connectivity index (χ2v) is 9.58. The van der Waals surface area contributed by atoms with Gasteiger partial charge in [0.25, 0.3) is 5.91 Å². The van der Waals surface area contributed by atoms with Crippen molar-refractivity contribution in [2.24, 2.45) is 0 Å². The average Bonchev–Trinajstić information content (AvgIpc) is 3.35. The summed E-state index contributed by atoms with van der Waals surface area (Å²) < 4.78 is 11.2. The van der Waals surface area contributed by atoms with Crippen LogP contribution in [0.4, 0.5) is 5.69 Å². The van der Waals surface area contributed by atoms with Crippen molar-refractivity contribution >= 4 is 63.5 Å². The van der Waals surface area contributed by atoms with E-state index in [4.69, 9.17) is 33.3 Å². The third-order valence-corrected chi connectivity index (χ3v) is 6.70. The average molecular weight is 505 g/mol. The Morgan fingerprint density at radius 3 is 2.85 bits per heavy atom. The van der Waals surface area contributed by atoms with Gasteiger partial charge in [-0.3, -0.25) is 14.5 Å². The molecule has 2 heterocycles. The van der Waals surface area contributed by atoms with Crippen molar-refractivity contribution in [3.05, 3.63) is 51.9 Å². The Morgan fingerprint density at radius 2 is 2.00 bits per heavy atom. The zero-order chi connectivity index (χ0) is 23.4. The lowest BCUT2D eigenvalue weighted by molar-refractivity contribution is -0.122. The van der Waals surface area contributed by atoms with Gasteiger partial charge in [-0.1, -0.05) is 48.1 Å². The van der Waals surface area contributed by atoms with Crippen molar-refractivity contribution in [1.82, 2.24) is 4.90 Å². The first kappa shape index (κ1) is 23.4. The summed E-state index contributed by atoms with van der Waals surface area (Å²) in [7, 11) is 0. The number of anilines is 1. The van der Waals surface area contributed by atoms with Gasteiger partial charge in [0.2, 0.25) is 12.7 Å². The monoisotopic (exact) mass is 504 g/mol. The number of thiocarbonyl (C=S) groups is 1. The van der Waals surface area contributed by atoms with Gasteiger partial charge in [0.1, 0.15) is 10.1 Å². The van der Waals surface area contributed by atoms with E-state index in [1.807, 2.05) is 18.2 Å². The Labute approximate surface area is 205 Å². The quantitative estimate of drug-likeness (QED) is 0.222. The Hall–Kier alpha value is -2.75. The number of fused-ring (bicyclic) bond motifs is 1. The first-order valence-electron chi connectivity index (χ1n) is 10.3. The van der Waals surface area contributed by atoms with Crippen molar-refractivity contribution in [1.29, 1.82) is 0 Å². The van der Waals surface area contributed by atoms with Crippen molar-refractivity contribution in [3.8, 4) is 17.2 Å². The summed E-state index contributed by atoms with van der Waals surface area (Å²) >= 11 is 12.6. The Bertz CT molecular complexity index is 1140. The van der Waals surface area contributed by atoms with E-state index in [0.717, 1.165) is 18.4 Å². The van der Waals surface area contributed by atoms with Crippen molar-refractivity contribution in [2.45, 2.75) is 25.7 Å². The number of phenols is 1. The molecule has 7 nitrogen and oxygen atoms in total. The zero-order valence-corrected chi connectivity index (χ0v) is 19.9. The van der Waals surface area contributed by atoms with Gasteiger partial charge >= 0.3 is 0 Å². The third kappa shape index (κ3) is 5.79. The molecular formula is C23H21ClN2O5S2. The lowest BCUT2D eigenvalue weighted by Crippen LogP contribution is -2.29. The first-order chi connectivity index (χ1) is 15.9. The minimum atomic E-state index is -0.204. The molecule has 0 unspecified atom stereocenters. The predicted octanol–water partition coefficient (Wildman–Crippen LogP) is 5.17. The Morgan fingerprint density at radius 1 is 1.18 bits per heavy atom. The van der Waals surface area contributed by atoms with Gasteiger partial charge in [0.15, 0.2) is 11.5 Å². The highest BCUT2D eigenvalue weighted by Gasteiger charge is 2.31. The first-order valence-corrected chi connectivity index (χ1v) is 11.9. The highest BCUT2D eigenvalue weighted by Crippen LogP contribution is 2.36. The number of aromatic hydroxyl groups is 1. The van der Waals surface area contributed by atoms with Crippen LogP contribution in [-0.4, -0.2) is 39.5 Å². The second kappa shape index (κ2) is 10.5. The van der Waals surface area contributed by atoms with E-state index in [0.29, 0.717) is 50.8 Å². The molecule has 10 heteroatoms. The molecule has 0 aromatic heterocycles. The van der Waals surface area contributed by atoms with Crippen LogP contribution in [0, 0.1) is 0 Å². The molecule has 2 aliphatic heterocycles. The number of phenolic OH excluding ortho intramolecular Hbond substituents is 1. The predicted molar refractivity (Wildman–Crippen MR) is 133 cm³/mol. The molecule has 0 spiro atoms. The number of carbonyl (C=O) groups excluding carboxylic acids is 2. The summed E-state index contributed by atoms with van der Waals surface area (Å²) in [4.78, 5) is 27.1. The minimum Gasteiger partial charge on any atom is -0.506 e. The molecule has 2 amide bonds. The normalized spacial score (nSPS) is 16.0. The fourth-order valence-corrected chi connectivity index (χ4v) is 4.88.